The van der Waals surface area contributed by atoms with Crippen molar-refractivity contribution in [3.05, 3.63) is 20.8 Å². The van der Waals surface area contributed by atoms with Crippen LogP contribution in [0.3, 0.4) is 0 Å². The molecule has 1 unspecified atom stereocenters. The predicted octanol–water partition coefficient (Wildman–Crippen LogP) is -1.50. The summed E-state index contributed by atoms with van der Waals surface area (Å²) in [6.45, 7) is -0.542. The van der Waals surface area contributed by atoms with Crippen molar-refractivity contribution in [1.82, 2.24) is 15.2 Å². The quantitative estimate of drug-likeness (QED) is 0.495. The number of nitrogens with zero attached hydrogens (tertiary/aromatic N) is 1. The topological polar surface area (TPSA) is 111 Å². The molecule has 0 aliphatic carbocycles. The van der Waals surface area contributed by atoms with E-state index in [2.05, 4.69) is 10.4 Å². The Balaban J connectivity index is 2.66. The first kappa shape index (κ1) is 11.3. The molecule has 9 heteroatoms. The number of aromatic amines is 2. The maximum Gasteiger partial charge on any atom is 0.342 e. The van der Waals surface area contributed by atoms with E-state index >= 15 is 0 Å². The summed E-state index contributed by atoms with van der Waals surface area (Å²) in [6.07, 6.45) is -4.82. The molecule has 15 heavy (non-hydrogen) atoms. The van der Waals surface area contributed by atoms with Gasteiger partial charge in [0.25, 0.3) is 12.0 Å². The molecule has 1 heterocycles. The fraction of sp³-hybridized carbons (Fsp3) is 0.500. The summed E-state index contributed by atoms with van der Waals surface area (Å²) in [5.41, 5.74) is -1.65. The van der Waals surface area contributed by atoms with E-state index in [0.29, 0.717) is 0 Å². The Hall–Kier alpha value is -1.77. The molecule has 1 atom stereocenters. The zero-order valence-electron chi connectivity index (χ0n) is 7.33. The molecule has 1 aromatic heterocycles. The molecule has 0 aliphatic heterocycles. The summed E-state index contributed by atoms with van der Waals surface area (Å²) >= 11 is 0. The lowest BCUT2D eigenvalue weighted by atomic mass is 10.4. The van der Waals surface area contributed by atoms with Crippen LogP contribution >= 0.6 is 0 Å². The number of aliphatic hydroxyl groups is 1. The molecule has 1 rings (SSSR count). The molecule has 0 saturated carbocycles. The van der Waals surface area contributed by atoms with Crippen LogP contribution in [0.4, 0.5) is 14.6 Å². The van der Waals surface area contributed by atoms with Gasteiger partial charge in [-0.05, 0) is 0 Å². The van der Waals surface area contributed by atoms with Gasteiger partial charge in [0.2, 0.25) is 5.82 Å². The Kier molecular flexibility index (Phi) is 3.50. The second-order valence-electron chi connectivity index (χ2n) is 2.64. The molecule has 0 radical (unpaired) electrons. The van der Waals surface area contributed by atoms with Crippen molar-refractivity contribution in [2.45, 2.75) is 12.5 Å². The van der Waals surface area contributed by atoms with Crippen molar-refractivity contribution in [3.63, 3.8) is 0 Å². The van der Waals surface area contributed by atoms with Crippen molar-refractivity contribution in [3.8, 4) is 0 Å². The van der Waals surface area contributed by atoms with E-state index in [1.165, 1.54) is 0 Å². The van der Waals surface area contributed by atoms with Gasteiger partial charge in [0.1, 0.15) is 6.10 Å². The number of hydrogen-bond acceptors (Lipinski definition) is 5. The molecule has 0 amide bonds. The molecule has 1 aromatic rings. The van der Waals surface area contributed by atoms with Gasteiger partial charge in [0.15, 0.2) is 0 Å². The monoisotopic (exact) mass is 222 g/mol. The Morgan fingerprint density at radius 3 is 2.67 bits per heavy atom. The van der Waals surface area contributed by atoms with Crippen LogP contribution in [0.15, 0.2) is 9.59 Å². The third-order valence-electron chi connectivity index (χ3n) is 1.48. The Morgan fingerprint density at radius 1 is 1.47 bits per heavy atom. The lowest BCUT2D eigenvalue weighted by molar-refractivity contribution is 0.00378. The number of hydrogen-bond donors (Lipinski definition) is 4. The van der Waals surface area contributed by atoms with Crippen molar-refractivity contribution in [1.29, 1.82) is 0 Å². The summed E-state index contributed by atoms with van der Waals surface area (Å²) < 4.78 is 23.7. The fourth-order valence-electron chi connectivity index (χ4n) is 0.758. The SMILES string of the molecule is O=c1[nH]nc(NCC(O)C(F)F)c(=O)[nH]1. The average Bonchev–Trinajstić information content (AvgIpc) is 2.15. The van der Waals surface area contributed by atoms with E-state index in [1.54, 1.807) is 0 Å². The Labute approximate surface area is 81.2 Å². The Bertz CT molecular complexity index is 429. The van der Waals surface area contributed by atoms with E-state index in [4.69, 9.17) is 5.11 Å². The fourth-order valence-corrected chi connectivity index (χ4v) is 0.758. The highest BCUT2D eigenvalue weighted by atomic mass is 19.3. The largest absolute Gasteiger partial charge is 0.385 e. The number of aliphatic hydroxyl groups excluding tert-OH is 1. The third kappa shape index (κ3) is 3.13. The smallest absolute Gasteiger partial charge is 0.342 e. The summed E-state index contributed by atoms with van der Waals surface area (Å²) in [5.74, 6) is -0.339. The molecular formula is C6H8F2N4O3. The van der Waals surface area contributed by atoms with E-state index in [1.807, 2.05) is 10.1 Å². The molecule has 0 fully saturated rings. The number of rotatable bonds is 4. The lowest BCUT2D eigenvalue weighted by Crippen LogP contribution is -2.32. The van der Waals surface area contributed by atoms with Crippen LogP contribution in [0.25, 0.3) is 0 Å². The minimum atomic E-state index is -2.92. The standard InChI is InChI=1S/C6H8F2N4O3/c7-3(8)2(13)1-9-4-5(14)10-6(15)12-11-4/h2-3,13H,1H2,(H,9,11)(H2,10,12,14,15). The maximum atomic E-state index is 11.8. The zero-order valence-corrected chi connectivity index (χ0v) is 7.33. The number of anilines is 1. The molecule has 0 aliphatic rings. The second-order valence-corrected chi connectivity index (χ2v) is 2.64. The molecule has 0 spiro atoms. The maximum absolute atomic E-state index is 11.8. The number of nitrogens with one attached hydrogen (secondary N) is 3. The highest BCUT2D eigenvalue weighted by Gasteiger charge is 2.16. The van der Waals surface area contributed by atoms with Gasteiger partial charge in [-0.3, -0.25) is 9.78 Å². The predicted molar refractivity (Wildman–Crippen MR) is 46.0 cm³/mol. The van der Waals surface area contributed by atoms with Crippen LogP contribution in [0.1, 0.15) is 0 Å². The highest BCUT2D eigenvalue weighted by Crippen LogP contribution is 2.00. The van der Waals surface area contributed by atoms with Gasteiger partial charge in [0.05, 0.1) is 0 Å². The van der Waals surface area contributed by atoms with Gasteiger partial charge in [0, 0.05) is 6.54 Å². The third-order valence-corrected chi connectivity index (χ3v) is 1.48. The van der Waals surface area contributed by atoms with Gasteiger partial charge in [-0.2, -0.15) is 0 Å². The normalized spacial score (nSPS) is 12.8. The van der Waals surface area contributed by atoms with Crippen LogP contribution < -0.4 is 16.6 Å². The summed E-state index contributed by atoms with van der Waals surface area (Å²) in [6, 6.07) is 0. The first-order valence-corrected chi connectivity index (χ1v) is 3.90. The molecule has 7 nitrogen and oxygen atoms in total. The minimum absolute atomic E-state index is 0.339. The Morgan fingerprint density at radius 2 is 2.13 bits per heavy atom. The number of aromatic nitrogens is 3. The van der Waals surface area contributed by atoms with Crippen LogP contribution in [0.5, 0.6) is 0 Å². The number of H-pyrrole nitrogens is 2. The first-order chi connectivity index (χ1) is 7.00. The molecule has 84 valence electrons. The molecule has 0 saturated heterocycles. The van der Waals surface area contributed by atoms with E-state index in [0.717, 1.165) is 0 Å². The number of alkyl halides is 2. The van der Waals surface area contributed by atoms with Gasteiger partial charge < -0.3 is 10.4 Å². The van der Waals surface area contributed by atoms with Gasteiger partial charge in [-0.25, -0.2) is 18.7 Å². The molecule has 0 bridgehead atoms. The second kappa shape index (κ2) is 4.64. The molecular weight excluding hydrogens is 214 g/mol. The first-order valence-electron chi connectivity index (χ1n) is 3.90. The van der Waals surface area contributed by atoms with E-state index in [-0.39, 0.29) is 5.82 Å². The minimum Gasteiger partial charge on any atom is -0.385 e. The van der Waals surface area contributed by atoms with E-state index in [9.17, 15) is 18.4 Å². The van der Waals surface area contributed by atoms with Crippen LogP contribution in [-0.4, -0.2) is 39.4 Å². The van der Waals surface area contributed by atoms with E-state index < -0.39 is 30.3 Å². The van der Waals surface area contributed by atoms with Crippen LogP contribution in [0, 0.1) is 0 Å². The van der Waals surface area contributed by atoms with Gasteiger partial charge in [-0.1, -0.05) is 0 Å². The van der Waals surface area contributed by atoms with Crippen molar-refractivity contribution >= 4 is 5.82 Å². The highest BCUT2D eigenvalue weighted by molar-refractivity contribution is 5.28. The van der Waals surface area contributed by atoms with Crippen molar-refractivity contribution in [2.75, 3.05) is 11.9 Å². The number of halogens is 2. The lowest BCUT2D eigenvalue weighted by Gasteiger charge is -2.09. The van der Waals surface area contributed by atoms with Crippen molar-refractivity contribution < 1.29 is 13.9 Å². The summed E-state index contributed by atoms with van der Waals surface area (Å²) in [7, 11) is 0. The van der Waals surface area contributed by atoms with Gasteiger partial charge >= 0.3 is 5.69 Å². The van der Waals surface area contributed by atoms with Crippen LogP contribution in [-0.2, 0) is 0 Å². The zero-order chi connectivity index (χ0) is 11.4. The molecule has 4 N–H and O–H groups in total. The summed E-state index contributed by atoms with van der Waals surface area (Å²) in [5, 5.41) is 16.0. The van der Waals surface area contributed by atoms with Crippen molar-refractivity contribution in [2.24, 2.45) is 0 Å². The van der Waals surface area contributed by atoms with Crippen LogP contribution in [0.2, 0.25) is 0 Å². The summed E-state index contributed by atoms with van der Waals surface area (Å²) in [4.78, 5) is 23.3. The molecule has 0 aromatic carbocycles. The van der Waals surface area contributed by atoms with Gasteiger partial charge in [-0.15, -0.1) is 5.10 Å². The average molecular weight is 222 g/mol.